The van der Waals surface area contributed by atoms with Crippen molar-refractivity contribution in [1.82, 2.24) is 4.90 Å². The molecule has 3 unspecified atom stereocenters. The molecule has 120 valence electrons. The van der Waals surface area contributed by atoms with Crippen LogP contribution in [0.5, 0.6) is 0 Å². The molecule has 0 aliphatic carbocycles. The van der Waals surface area contributed by atoms with Gasteiger partial charge in [-0.1, -0.05) is 19.9 Å². The number of rotatable bonds is 6. The van der Waals surface area contributed by atoms with Crippen LogP contribution in [0.2, 0.25) is 0 Å². The maximum atomic E-state index is 12.5. The number of thioether (sulfide) groups is 1. The van der Waals surface area contributed by atoms with Gasteiger partial charge in [0.2, 0.25) is 0 Å². The summed E-state index contributed by atoms with van der Waals surface area (Å²) in [5.74, 6) is 1.80. The second-order valence-corrected chi connectivity index (χ2v) is 9.83. The number of hydrogen-bond acceptors (Lipinski definition) is 6. The normalized spacial score (nSPS) is 23.9. The van der Waals surface area contributed by atoms with Crippen LogP contribution in [-0.4, -0.2) is 48.5 Å². The highest BCUT2D eigenvalue weighted by Crippen LogP contribution is 2.35. The van der Waals surface area contributed by atoms with Crippen LogP contribution in [0, 0.1) is 0 Å². The molecule has 21 heavy (non-hydrogen) atoms. The van der Waals surface area contributed by atoms with E-state index in [0.717, 1.165) is 18.7 Å². The molecule has 2 N–H and O–H groups in total. The summed E-state index contributed by atoms with van der Waals surface area (Å²) < 4.78 is 24.9. The molecule has 0 bridgehead atoms. The fourth-order valence-electron chi connectivity index (χ4n) is 2.72. The Hall–Kier alpha value is -0.0800. The van der Waals surface area contributed by atoms with Crippen molar-refractivity contribution in [3.8, 4) is 0 Å². The molecule has 0 spiro atoms. The van der Waals surface area contributed by atoms with E-state index in [1.807, 2.05) is 11.4 Å². The molecular formula is C14H24N2O2S3. The molecule has 2 rings (SSSR count). The van der Waals surface area contributed by atoms with E-state index < -0.39 is 15.2 Å². The molecule has 1 aliphatic heterocycles. The standard InChI is InChI=1S/C14H24N2O2S3/c1-3-11(15)14(12-6-5-8-20-12)16-7-9-19-10-13(16)21(17,18)4-2/h5-6,8,11,13-14H,3-4,7,9-10,15H2,1-2H3. The van der Waals surface area contributed by atoms with Gasteiger partial charge in [0.15, 0.2) is 9.84 Å². The van der Waals surface area contributed by atoms with Crippen molar-refractivity contribution in [3.05, 3.63) is 22.4 Å². The van der Waals surface area contributed by atoms with E-state index >= 15 is 0 Å². The lowest BCUT2D eigenvalue weighted by atomic mass is 10.0. The maximum Gasteiger partial charge on any atom is 0.166 e. The molecule has 7 heteroatoms. The van der Waals surface area contributed by atoms with Crippen molar-refractivity contribution in [1.29, 1.82) is 0 Å². The van der Waals surface area contributed by atoms with Crippen LogP contribution in [-0.2, 0) is 9.84 Å². The van der Waals surface area contributed by atoms with Crippen molar-refractivity contribution in [2.45, 2.75) is 37.7 Å². The van der Waals surface area contributed by atoms with Crippen LogP contribution in [0.25, 0.3) is 0 Å². The van der Waals surface area contributed by atoms with Crippen LogP contribution in [0.3, 0.4) is 0 Å². The van der Waals surface area contributed by atoms with E-state index in [2.05, 4.69) is 17.9 Å². The Morgan fingerprint density at radius 2 is 2.24 bits per heavy atom. The predicted octanol–water partition coefficient (Wildman–Crippen LogP) is 2.34. The molecule has 1 aliphatic rings. The van der Waals surface area contributed by atoms with Crippen molar-refractivity contribution >= 4 is 32.9 Å². The third-order valence-electron chi connectivity index (χ3n) is 4.01. The second-order valence-electron chi connectivity index (χ2n) is 5.25. The largest absolute Gasteiger partial charge is 0.326 e. The summed E-state index contributed by atoms with van der Waals surface area (Å²) in [6.07, 6.45) is 0.838. The molecule has 3 atom stereocenters. The molecule has 2 heterocycles. The molecule has 1 aromatic heterocycles. The summed E-state index contributed by atoms with van der Waals surface area (Å²) in [7, 11) is -3.09. The quantitative estimate of drug-likeness (QED) is 0.855. The van der Waals surface area contributed by atoms with Crippen molar-refractivity contribution < 1.29 is 8.42 Å². The summed E-state index contributed by atoms with van der Waals surface area (Å²) in [4.78, 5) is 3.31. The van der Waals surface area contributed by atoms with Gasteiger partial charge in [0.05, 0.1) is 6.04 Å². The van der Waals surface area contributed by atoms with Crippen LogP contribution in [0.1, 0.15) is 31.2 Å². The first-order valence-corrected chi connectivity index (χ1v) is 11.1. The Bertz CT molecular complexity index is 530. The Kier molecular flexibility index (Phi) is 6.14. The lowest BCUT2D eigenvalue weighted by Gasteiger charge is -2.42. The summed E-state index contributed by atoms with van der Waals surface area (Å²) >= 11 is 3.39. The first-order chi connectivity index (χ1) is 10.0. The minimum atomic E-state index is -3.09. The third kappa shape index (κ3) is 3.82. The van der Waals surface area contributed by atoms with Gasteiger partial charge in [-0.05, 0) is 17.9 Å². The molecule has 0 aromatic carbocycles. The minimum absolute atomic E-state index is 0.00206. The van der Waals surface area contributed by atoms with Gasteiger partial charge in [-0.3, -0.25) is 4.90 Å². The summed E-state index contributed by atoms with van der Waals surface area (Å²) in [5, 5.41) is 1.62. The zero-order valence-electron chi connectivity index (χ0n) is 12.6. The third-order valence-corrected chi connectivity index (χ3v) is 8.26. The molecular weight excluding hydrogens is 324 g/mol. The summed E-state index contributed by atoms with van der Waals surface area (Å²) in [6.45, 7) is 4.57. The number of nitrogens with two attached hydrogens (primary N) is 1. The second kappa shape index (κ2) is 7.46. The zero-order valence-corrected chi connectivity index (χ0v) is 15.0. The van der Waals surface area contributed by atoms with E-state index in [1.165, 1.54) is 4.88 Å². The Balaban J connectivity index is 2.36. The highest BCUT2D eigenvalue weighted by molar-refractivity contribution is 8.01. The molecule has 0 radical (unpaired) electrons. The predicted molar refractivity (Wildman–Crippen MR) is 92.6 cm³/mol. The smallest absolute Gasteiger partial charge is 0.166 e. The topological polar surface area (TPSA) is 63.4 Å². The SMILES string of the molecule is CCC(N)C(c1cccs1)N1CCSCC1S(=O)(=O)CC. The average Bonchev–Trinajstić information content (AvgIpc) is 3.01. The van der Waals surface area contributed by atoms with Gasteiger partial charge < -0.3 is 5.73 Å². The first-order valence-electron chi connectivity index (χ1n) is 7.35. The number of sulfone groups is 1. The molecule has 1 fully saturated rings. The maximum absolute atomic E-state index is 12.5. The van der Waals surface area contributed by atoms with E-state index in [0.29, 0.717) is 5.75 Å². The fourth-order valence-corrected chi connectivity index (χ4v) is 6.69. The van der Waals surface area contributed by atoms with Crippen LogP contribution >= 0.6 is 23.1 Å². The van der Waals surface area contributed by atoms with Gasteiger partial charge in [-0.15, -0.1) is 11.3 Å². The van der Waals surface area contributed by atoms with E-state index in [-0.39, 0.29) is 17.8 Å². The number of nitrogens with zero attached hydrogens (tertiary/aromatic N) is 1. The lowest BCUT2D eigenvalue weighted by molar-refractivity contribution is 0.168. The Labute approximate surface area is 136 Å². The van der Waals surface area contributed by atoms with Crippen LogP contribution < -0.4 is 5.73 Å². The first kappa shape index (κ1) is 17.3. The lowest BCUT2D eigenvalue weighted by Crippen LogP contribution is -2.53. The van der Waals surface area contributed by atoms with Crippen LogP contribution in [0.15, 0.2) is 17.5 Å². The van der Waals surface area contributed by atoms with E-state index in [4.69, 9.17) is 5.73 Å². The average molecular weight is 349 g/mol. The highest BCUT2D eigenvalue weighted by atomic mass is 32.2. The molecule has 4 nitrogen and oxygen atoms in total. The highest BCUT2D eigenvalue weighted by Gasteiger charge is 2.39. The Morgan fingerprint density at radius 1 is 1.48 bits per heavy atom. The number of thiophene rings is 1. The van der Waals surface area contributed by atoms with Gasteiger partial charge in [0.25, 0.3) is 0 Å². The number of hydrogen-bond donors (Lipinski definition) is 1. The van der Waals surface area contributed by atoms with Gasteiger partial charge in [-0.2, -0.15) is 11.8 Å². The van der Waals surface area contributed by atoms with Gasteiger partial charge in [0.1, 0.15) is 5.37 Å². The van der Waals surface area contributed by atoms with Gasteiger partial charge in [-0.25, -0.2) is 8.42 Å². The minimum Gasteiger partial charge on any atom is -0.326 e. The molecule has 1 aromatic rings. The summed E-state index contributed by atoms with van der Waals surface area (Å²) in [6, 6.07) is 4.04. The molecule has 0 amide bonds. The Morgan fingerprint density at radius 3 is 2.81 bits per heavy atom. The van der Waals surface area contributed by atoms with E-state index in [1.54, 1.807) is 30.0 Å². The fraction of sp³-hybridized carbons (Fsp3) is 0.714. The van der Waals surface area contributed by atoms with Gasteiger partial charge in [0, 0.05) is 34.7 Å². The molecule has 0 saturated carbocycles. The molecule has 1 saturated heterocycles. The van der Waals surface area contributed by atoms with Crippen molar-refractivity contribution in [2.24, 2.45) is 5.73 Å². The van der Waals surface area contributed by atoms with Crippen LogP contribution in [0.4, 0.5) is 0 Å². The van der Waals surface area contributed by atoms with E-state index in [9.17, 15) is 8.42 Å². The van der Waals surface area contributed by atoms with Gasteiger partial charge >= 0.3 is 0 Å². The van der Waals surface area contributed by atoms with Crippen molar-refractivity contribution in [2.75, 3.05) is 23.8 Å². The van der Waals surface area contributed by atoms with Crippen molar-refractivity contribution in [3.63, 3.8) is 0 Å². The zero-order chi connectivity index (χ0) is 15.5. The monoisotopic (exact) mass is 348 g/mol. The summed E-state index contributed by atoms with van der Waals surface area (Å²) in [5.41, 5.74) is 6.35.